The molecule has 6 heteroatoms. The Morgan fingerprint density at radius 1 is 0.861 bits per heavy atom. The van der Waals surface area contributed by atoms with Crippen molar-refractivity contribution in [3.8, 4) is 11.5 Å². The molecule has 5 nitrogen and oxygen atoms in total. The van der Waals surface area contributed by atoms with E-state index < -0.39 is 0 Å². The summed E-state index contributed by atoms with van der Waals surface area (Å²) >= 11 is 6.30. The molecular formula is C30H27ClN2O3. The van der Waals surface area contributed by atoms with Crippen LogP contribution < -0.4 is 14.8 Å². The lowest BCUT2D eigenvalue weighted by atomic mass is 10.0. The summed E-state index contributed by atoms with van der Waals surface area (Å²) in [6.07, 6.45) is -0.371. The zero-order valence-corrected chi connectivity index (χ0v) is 20.7. The fourth-order valence-corrected chi connectivity index (χ4v) is 4.54. The van der Waals surface area contributed by atoms with Gasteiger partial charge < -0.3 is 19.7 Å². The van der Waals surface area contributed by atoms with Gasteiger partial charge >= 0.3 is 0 Å². The molecule has 0 radical (unpaired) electrons. The molecule has 1 heterocycles. The lowest BCUT2D eigenvalue weighted by molar-refractivity contribution is 0.0666. The molecule has 4 aromatic carbocycles. The molecule has 1 unspecified atom stereocenters. The molecule has 1 amide bonds. The van der Waals surface area contributed by atoms with Crippen molar-refractivity contribution in [2.24, 2.45) is 0 Å². The molecular weight excluding hydrogens is 472 g/mol. The fraction of sp³-hybridized carbons (Fsp3) is 0.167. The van der Waals surface area contributed by atoms with Gasteiger partial charge in [0.2, 0.25) is 0 Å². The Balaban J connectivity index is 1.47. The van der Waals surface area contributed by atoms with Crippen LogP contribution >= 0.6 is 11.6 Å². The van der Waals surface area contributed by atoms with E-state index in [2.05, 4.69) is 5.32 Å². The number of nitrogens with zero attached hydrogens (tertiary/aromatic N) is 1. The third kappa shape index (κ3) is 5.02. The van der Waals surface area contributed by atoms with E-state index in [0.29, 0.717) is 41.8 Å². The summed E-state index contributed by atoms with van der Waals surface area (Å²) in [4.78, 5) is 15.4. The van der Waals surface area contributed by atoms with Crippen LogP contribution in [0.15, 0.2) is 97.1 Å². The maximum atomic E-state index is 13.6. The van der Waals surface area contributed by atoms with Crippen LogP contribution in [0.1, 0.15) is 40.1 Å². The lowest BCUT2D eigenvalue weighted by Gasteiger charge is -2.38. The number of hydrogen-bond acceptors (Lipinski definition) is 4. The van der Waals surface area contributed by atoms with Gasteiger partial charge in [-0.25, -0.2) is 0 Å². The van der Waals surface area contributed by atoms with Crippen LogP contribution in [0.3, 0.4) is 0 Å². The van der Waals surface area contributed by atoms with E-state index in [4.69, 9.17) is 21.1 Å². The number of anilines is 1. The predicted octanol–water partition coefficient (Wildman–Crippen LogP) is 7.08. The van der Waals surface area contributed by atoms with Crippen molar-refractivity contribution in [2.45, 2.75) is 26.2 Å². The first-order valence-electron chi connectivity index (χ1n) is 12.0. The van der Waals surface area contributed by atoms with Gasteiger partial charge in [-0.2, -0.15) is 0 Å². The summed E-state index contributed by atoms with van der Waals surface area (Å²) in [5.41, 5.74) is 4.34. The molecule has 0 spiro atoms. The number of hydrogen-bond donors (Lipinski definition) is 1. The molecule has 0 bridgehead atoms. The van der Waals surface area contributed by atoms with Gasteiger partial charge in [0.25, 0.3) is 5.91 Å². The van der Waals surface area contributed by atoms with Crippen LogP contribution in [0.25, 0.3) is 0 Å². The van der Waals surface area contributed by atoms with Gasteiger partial charge in [0.15, 0.2) is 11.5 Å². The number of nitrogens with one attached hydrogen (secondary N) is 1. The number of carbonyl (C=O) groups excluding carboxylic acids is 1. The van der Waals surface area contributed by atoms with Gasteiger partial charge in [0.05, 0.1) is 12.2 Å². The quantitative estimate of drug-likeness (QED) is 0.282. The second-order valence-corrected chi connectivity index (χ2v) is 8.94. The van der Waals surface area contributed by atoms with Crippen molar-refractivity contribution in [3.63, 3.8) is 0 Å². The average molecular weight is 499 g/mol. The Hall–Kier alpha value is -3.96. The van der Waals surface area contributed by atoms with Crippen LogP contribution in [-0.4, -0.2) is 17.4 Å². The van der Waals surface area contributed by atoms with E-state index in [1.165, 1.54) is 0 Å². The summed E-state index contributed by atoms with van der Waals surface area (Å²) in [6, 6.07) is 31.0. The highest BCUT2D eigenvalue weighted by Crippen LogP contribution is 2.38. The minimum absolute atomic E-state index is 0.0183. The minimum atomic E-state index is -0.371. The van der Waals surface area contributed by atoms with Crippen molar-refractivity contribution in [1.82, 2.24) is 4.90 Å². The monoisotopic (exact) mass is 498 g/mol. The molecule has 1 atom stereocenters. The average Bonchev–Trinajstić information content (AvgIpc) is 2.91. The standard InChI is InChI=1S/C30H27ClN2O3/c1-2-35-28-18-22(16-17-27(28)36-20-23-12-6-8-14-25(23)31)29-32-26-15-9-7-13-24(26)30(34)33(29)19-21-10-4-3-5-11-21/h3-18,29,32H,2,19-20H2,1H3. The van der Waals surface area contributed by atoms with Gasteiger partial charge in [-0.1, -0.05) is 78.3 Å². The zero-order valence-electron chi connectivity index (χ0n) is 20.0. The Morgan fingerprint density at radius 3 is 2.42 bits per heavy atom. The fourth-order valence-electron chi connectivity index (χ4n) is 4.35. The summed E-state index contributed by atoms with van der Waals surface area (Å²) in [7, 11) is 0. The topological polar surface area (TPSA) is 50.8 Å². The molecule has 182 valence electrons. The predicted molar refractivity (Wildman–Crippen MR) is 143 cm³/mol. The maximum Gasteiger partial charge on any atom is 0.258 e. The second kappa shape index (κ2) is 10.8. The third-order valence-corrected chi connectivity index (χ3v) is 6.51. The van der Waals surface area contributed by atoms with Gasteiger partial charge in [0.1, 0.15) is 12.8 Å². The highest BCUT2D eigenvalue weighted by Gasteiger charge is 2.33. The van der Waals surface area contributed by atoms with Gasteiger partial charge in [-0.05, 0) is 48.4 Å². The molecule has 1 aliphatic rings. The van der Waals surface area contributed by atoms with Gasteiger partial charge in [-0.3, -0.25) is 4.79 Å². The molecule has 0 aliphatic carbocycles. The van der Waals surface area contributed by atoms with E-state index in [9.17, 15) is 4.79 Å². The first-order chi connectivity index (χ1) is 17.6. The number of fused-ring (bicyclic) bond motifs is 1. The second-order valence-electron chi connectivity index (χ2n) is 8.53. The first-order valence-corrected chi connectivity index (χ1v) is 12.3. The molecule has 0 aromatic heterocycles. The smallest absolute Gasteiger partial charge is 0.258 e. The number of rotatable bonds is 8. The Bertz CT molecular complexity index is 1360. The van der Waals surface area contributed by atoms with E-state index >= 15 is 0 Å². The van der Waals surface area contributed by atoms with E-state index in [0.717, 1.165) is 22.4 Å². The molecule has 5 rings (SSSR count). The first kappa shape index (κ1) is 23.8. The molecule has 0 saturated heterocycles. The Kier molecular flexibility index (Phi) is 7.10. The SMILES string of the molecule is CCOc1cc(C2Nc3ccccc3C(=O)N2Cc2ccccc2)ccc1OCc1ccccc1Cl. The number of carbonyl (C=O) groups is 1. The van der Waals surface area contributed by atoms with Gasteiger partial charge in [0, 0.05) is 22.8 Å². The van der Waals surface area contributed by atoms with Crippen LogP contribution in [-0.2, 0) is 13.2 Å². The minimum Gasteiger partial charge on any atom is -0.490 e. The van der Waals surface area contributed by atoms with Crippen molar-refractivity contribution < 1.29 is 14.3 Å². The van der Waals surface area contributed by atoms with Crippen molar-refractivity contribution >= 4 is 23.2 Å². The number of benzene rings is 4. The summed E-state index contributed by atoms with van der Waals surface area (Å²) < 4.78 is 12.0. The highest BCUT2D eigenvalue weighted by atomic mass is 35.5. The van der Waals surface area contributed by atoms with Crippen molar-refractivity contribution in [2.75, 3.05) is 11.9 Å². The number of para-hydroxylation sites is 1. The summed E-state index contributed by atoms with van der Waals surface area (Å²) in [6.45, 7) is 3.22. The van der Waals surface area contributed by atoms with E-state index in [-0.39, 0.29) is 12.1 Å². The lowest BCUT2D eigenvalue weighted by Crippen LogP contribution is -2.42. The maximum absolute atomic E-state index is 13.6. The Labute approximate surface area is 216 Å². The molecule has 1 aliphatic heterocycles. The molecule has 4 aromatic rings. The normalized spacial score (nSPS) is 14.7. The largest absolute Gasteiger partial charge is 0.490 e. The summed E-state index contributed by atoms with van der Waals surface area (Å²) in [5, 5.41) is 4.22. The zero-order chi connectivity index (χ0) is 24.9. The van der Waals surface area contributed by atoms with Crippen LogP contribution in [0, 0.1) is 0 Å². The number of halogens is 1. The Morgan fingerprint density at radius 2 is 1.61 bits per heavy atom. The highest BCUT2D eigenvalue weighted by molar-refractivity contribution is 6.31. The van der Waals surface area contributed by atoms with Crippen LogP contribution in [0.2, 0.25) is 5.02 Å². The molecule has 0 saturated carbocycles. The molecule has 1 N–H and O–H groups in total. The van der Waals surface area contributed by atoms with Crippen LogP contribution in [0.4, 0.5) is 5.69 Å². The number of amides is 1. The molecule has 36 heavy (non-hydrogen) atoms. The van der Waals surface area contributed by atoms with Crippen LogP contribution in [0.5, 0.6) is 11.5 Å². The summed E-state index contributed by atoms with van der Waals surface area (Å²) in [5.74, 6) is 1.22. The third-order valence-electron chi connectivity index (χ3n) is 6.14. The molecule has 0 fully saturated rings. The number of ether oxygens (including phenoxy) is 2. The van der Waals surface area contributed by atoms with E-state index in [1.54, 1.807) is 0 Å². The van der Waals surface area contributed by atoms with E-state index in [1.807, 2.05) is 109 Å². The van der Waals surface area contributed by atoms with Crippen molar-refractivity contribution in [1.29, 1.82) is 0 Å². The van der Waals surface area contributed by atoms with Gasteiger partial charge in [-0.15, -0.1) is 0 Å². The van der Waals surface area contributed by atoms with Crippen molar-refractivity contribution in [3.05, 3.63) is 124 Å².